The molecule has 1 atom stereocenters. The minimum absolute atomic E-state index is 0.0246. The lowest BCUT2D eigenvalue weighted by Crippen LogP contribution is -2.29. The Bertz CT molecular complexity index is 1860. The van der Waals surface area contributed by atoms with E-state index in [1.165, 1.54) is 40.1 Å². The van der Waals surface area contributed by atoms with Gasteiger partial charge in [-0.3, -0.25) is 14.5 Å². The lowest BCUT2D eigenvalue weighted by molar-refractivity contribution is -0.132. The lowest BCUT2D eigenvalue weighted by Gasteiger charge is -2.23. The highest BCUT2D eigenvalue weighted by Crippen LogP contribution is 2.45. The average molecular weight is 580 g/mol. The summed E-state index contributed by atoms with van der Waals surface area (Å²) in [5.74, 6) is -1.28. The van der Waals surface area contributed by atoms with Crippen LogP contribution in [0.5, 0.6) is 5.75 Å². The van der Waals surface area contributed by atoms with Gasteiger partial charge < -0.3 is 10.2 Å². The first-order valence-corrected chi connectivity index (χ1v) is 14.7. The Balaban J connectivity index is 1.39. The molecule has 1 fully saturated rings. The van der Waals surface area contributed by atoms with Crippen LogP contribution in [0.3, 0.4) is 0 Å². The molecule has 0 saturated carbocycles. The number of fused-ring (bicyclic) bond motifs is 1. The number of Topliss-reactive ketones (excluding diaryl/α,β-unsaturated/α-hetero) is 1. The van der Waals surface area contributed by atoms with E-state index >= 15 is 0 Å². The van der Waals surface area contributed by atoms with E-state index in [1.54, 1.807) is 18.2 Å². The van der Waals surface area contributed by atoms with Crippen molar-refractivity contribution in [3.05, 3.63) is 118 Å². The van der Waals surface area contributed by atoms with E-state index in [1.807, 2.05) is 44.2 Å². The van der Waals surface area contributed by atoms with Crippen LogP contribution in [0.2, 0.25) is 0 Å². The summed E-state index contributed by atoms with van der Waals surface area (Å²) in [4.78, 5) is 28.3. The molecule has 6 rings (SSSR count). The topological polar surface area (TPSA) is 104 Å². The predicted molar refractivity (Wildman–Crippen MR) is 162 cm³/mol. The summed E-state index contributed by atoms with van der Waals surface area (Å²) >= 11 is 2.70. The van der Waals surface area contributed by atoms with Gasteiger partial charge in [-0.25, -0.2) is 0 Å². The molecule has 204 valence electrons. The Hall–Kier alpha value is -4.47. The first kappa shape index (κ1) is 26.7. The molecule has 1 aliphatic heterocycles. The zero-order valence-corrected chi connectivity index (χ0v) is 23.9. The highest BCUT2D eigenvalue weighted by molar-refractivity contribution is 8.00. The highest BCUT2D eigenvalue weighted by Gasteiger charge is 2.48. The fraction of sp³-hybridized carbons (Fsp3) is 0.125. The summed E-state index contributed by atoms with van der Waals surface area (Å²) in [6.45, 7) is 3.72. The predicted octanol–water partition coefficient (Wildman–Crippen LogP) is 6.93. The average Bonchev–Trinajstić information content (AvgIpc) is 3.54. The summed E-state index contributed by atoms with van der Waals surface area (Å²) in [6, 6.07) is 25.2. The van der Waals surface area contributed by atoms with Gasteiger partial charge in [0.25, 0.3) is 5.78 Å². The van der Waals surface area contributed by atoms with Crippen molar-refractivity contribution in [2.45, 2.75) is 30.0 Å². The first-order chi connectivity index (χ1) is 19.8. The number of carbonyl (C=O) groups is 2. The number of aliphatic hydroxyl groups is 1. The Morgan fingerprint density at radius 1 is 0.951 bits per heavy atom. The van der Waals surface area contributed by atoms with Gasteiger partial charge in [0.15, 0.2) is 4.34 Å². The third-order valence-corrected chi connectivity index (χ3v) is 9.22. The van der Waals surface area contributed by atoms with E-state index in [9.17, 15) is 19.8 Å². The molecule has 41 heavy (non-hydrogen) atoms. The second-order valence-corrected chi connectivity index (χ2v) is 12.0. The largest absolute Gasteiger partial charge is 0.508 e. The van der Waals surface area contributed by atoms with Gasteiger partial charge in [-0.05, 0) is 59.5 Å². The number of anilines is 1. The molecule has 4 aromatic carbocycles. The Morgan fingerprint density at radius 2 is 1.73 bits per heavy atom. The van der Waals surface area contributed by atoms with Gasteiger partial charge in [0.1, 0.15) is 11.5 Å². The van der Waals surface area contributed by atoms with E-state index in [4.69, 9.17) is 0 Å². The maximum atomic E-state index is 13.5. The second kappa shape index (κ2) is 10.8. The Morgan fingerprint density at radius 3 is 2.56 bits per heavy atom. The van der Waals surface area contributed by atoms with Crippen LogP contribution in [0, 0.1) is 13.8 Å². The number of ketones is 1. The maximum absolute atomic E-state index is 13.5. The van der Waals surface area contributed by atoms with E-state index in [-0.39, 0.29) is 22.2 Å². The fourth-order valence-corrected chi connectivity index (χ4v) is 6.96. The maximum Gasteiger partial charge on any atom is 0.301 e. The normalized spacial score (nSPS) is 16.5. The number of aromatic nitrogens is 2. The van der Waals surface area contributed by atoms with E-state index in [0.29, 0.717) is 21.2 Å². The molecular formula is C32H25N3O4S2. The molecule has 9 heteroatoms. The molecule has 2 heterocycles. The third kappa shape index (κ3) is 4.98. The monoisotopic (exact) mass is 579 g/mol. The van der Waals surface area contributed by atoms with Gasteiger partial charge in [0, 0.05) is 11.3 Å². The summed E-state index contributed by atoms with van der Waals surface area (Å²) in [5, 5.41) is 32.9. The third-order valence-electron chi connectivity index (χ3n) is 7.11. The van der Waals surface area contributed by atoms with Crippen molar-refractivity contribution in [3.63, 3.8) is 0 Å². The number of hydrogen-bond donors (Lipinski definition) is 2. The molecule has 1 aromatic heterocycles. The second-order valence-electron chi connectivity index (χ2n) is 9.86. The molecule has 0 radical (unpaired) electrons. The van der Waals surface area contributed by atoms with Crippen LogP contribution in [0.25, 0.3) is 16.5 Å². The van der Waals surface area contributed by atoms with Crippen LogP contribution in [0.1, 0.15) is 33.9 Å². The zero-order valence-electron chi connectivity index (χ0n) is 22.2. The summed E-state index contributed by atoms with van der Waals surface area (Å²) in [6.07, 6.45) is 0. The van der Waals surface area contributed by atoms with Crippen molar-refractivity contribution in [3.8, 4) is 5.75 Å². The van der Waals surface area contributed by atoms with Gasteiger partial charge in [0.2, 0.25) is 5.13 Å². The van der Waals surface area contributed by atoms with Gasteiger partial charge in [-0.1, -0.05) is 95.4 Å². The minimum Gasteiger partial charge on any atom is -0.508 e. The number of amides is 1. The molecule has 2 N–H and O–H groups in total. The van der Waals surface area contributed by atoms with Crippen LogP contribution >= 0.6 is 23.1 Å². The van der Waals surface area contributed by atoms with Gasteiger partial charge >= 0.3 is 5.91 Å². The van der Waals surface area contributed by atoms with Gasteiger partial charge in [-0.15, -0.1) is 10.2 Å². The molecule has 1 amide bonds. The molecule has 7 nitrogen and oxygen atoms in total. The van der Waals surface area contributed by atoms with Gasteiger partial charge in [-0.2, -0.15) is 0 Å². The number of aryl methyl sites for hydroxylation is 2. The SMILES string of the molecule is Cc1ccc(C)c(C(O)=C2C(=O)C(=O)N(c3nnc(SCc4cccc5ccccc45)s3)C2c2cccc(O)c2)c1. The lowest BCUT2D eigenvalue weighted by atomic mass is 9.93. The number of thioether (sulfide) groups is 1. The van der Waals surface area contributed by atoms with Crippen molar-refractivity contribution < 1.29 is 19.8 Å². The number of aromatic hydroxyl groups is 1. The first-order valence-electron chi connectivity index (χ1n) is 12.9. The Labute approximate surface area is 244 Å². The minimum atomic E-state index is -0.995. The van der Waals surface area contributed by atoms with E-state index in [2.05, 4.69) is 34.5 Å². The molecular weight excluding hydrogens is 555 g/mol. The highest BCUT2D eigenvalue weighted by atomic mass is 32.2. The van der Waals surface area contributed by atoms with Crippen molar-refractivity contribution >= 4 is 56.5 Å². The van der Waals surface area contributed by atoms with Crippen LogP contribution in [-0.2, 0) is 15.3 Å². The molecule has 1 saturated heterocycles. The van der Waals surface area contributed by atoms with Crippen molar-refractivity contribution in [1.29, 1.82) is 0 Å². The number of rotatable bonds is 6. The molecule has 1 aliphatic rings. The summed E-state index contributed by atoms with van der Waals surface area (Å²) < 4.78 is 0.638. The fourth-order valence-electron chi connectivity index (χ4n) is 5.09. The quantitative estimate of drug-likeness (QED) is 0.0739. The molecule has 0 spiro atoms. The number of aliphatic hydroxyl groups excluding tert-OH is 1. The van der Waals surface area contributed by atoms with Crippen molar-refractivity contribution in [2.75, 3.05) is 4.90 Å². The van der Waals surface area contributed by atoms with E-state index < -0.39 is 17.7 Å². The van der Waals surface area contributed by atoms with Crippen LogP contribution in [0.4, 0.5) is 5.13 Å². The van der Waals surface area contributed by atoms with Crippen molar-refractivity contribution in [2.24, 2.45) is 0 Å². The zero-order chi connectivity index (χ0) is 28.7. The number of hydrogen-bond acceptors (Lipinski definition) is 8. The van der Waals surface area contributed by atoms with Crippen LogP contribution < -0.4 is 4.90 Å². The summed E-state index contributed by atoms with van der Waals surface area (Å²) in [7, 11) is 0. The molecule has 0 bridgehead atoms. The Kier molecular flexibility index (Phi) is 7.07. The molecule has 5 aromatic rings. The van der Waals surface area contributed by atoms with Gasteiger partial charge in [0.05, 0.1) is 11.6 Å². The van der Waals surface area contributed by atoms with E-state index in [0.717, 1.165) is 27.5 Å². The van der Waals surface area contributed by atoms with Crippen LogP contribution in [0.15, 0.2) is 94.8 Å². The number of nitrogens with zero attached hydrogens (tertiary/aromatic N) is 3. The molecule has 1 unspecified atom stereocenters. The van der Waals surface area contributed by atoms with Crippen molar-refractivity contribution in [1.82, 2.24) is 10.2 Å². The smallest absolute Gasteiger partial charge is 0.301 e. The number of benzene rings is 4. The standard InChI is InChI=1S/C32H25N3O4S2/c1-18-13-14-19(2)25(15-18)28(37)26-27(21-9-6-11-23(36)16-21)35(30(39)29(26)38)31-33-34-32(41-31)40-17-22-10-5-8-20-7-3-4-12-24(20)22/h3-16,27,36-37H,17H2,1-2H3. The number of phenols is 1. The number of phenolic OH excluding ortho intramolecular Hbond substituents is 1. The van der Waals surface area contributed by atoms with Crippen LogP contribution in [-0.4, -0.2) is 32.1 Å². The summed E-state index contributed by atoms with van der Waals surface area (Å²) in [5.41, 5.74) is 3.69. The number of carbonyl (C=O) groups excluding carboxylic acids is 2. The molecule has 0 aliphatic carbocycles.